The molecule has 2 aromatic carbocycles. The maximum Gasteiger partial charge on any atom is 0.126 e. The van der Waals surface area contributed by atoms with Gasteiger partial charge < -0.3 is 4.74 Å². The van der Waals surface area contributed by atoms with E-state index in [-0.39, 0.29) is 24.0 Å². The highest BCUT2D eigenvalue weighted by atomic mass is 127. The van der Waals surface area contributed by atoms with Crippen LogP contribution in [-0.2, 0) is 0 Å². The number of methoxy groups -OCH3 is 1. The minimum Gasteiger partial charge on any atom is -0.496 e. The molecule has 0 aliphatic rings. The van der Waals surface area contributed by atoms with Gasteiger partial charge in [-0.3, -0.25) is 0 Å². The summed E-state index contributed by atoms with van der Waals surface area (Å²) in [4.78, 5) is 0. The molecule has 0 spiro atoms. The minimum absolute atomic E-state index is 0. The number of benzene rings is 2. The van der Waals surface area contributed by atoms with Crippen LogP contribution in [0.1, 0.15) is 0 Å². The van der Waals surface area contributed by atoms with E-state index in [1.54, 1.807) is 7.11 Å². The van der Waals surface area contributed by atoms with E-state index in [0.717, 1.165) is 11.3 Å². The molecule has 0 N–H and O–H groups in total. The van der Waals surface area contributed by atoms with Crippen molar-refractivity contribution in [1.82, 2.24) is 0 Å². The maximum absolute atomic E-state index is 5.30. The van der Waals surface area contributed by atoms with Crippen LogP contribution in [0, 0.1) is 0 Å². The highest BCUT2D eigenvalue weighted by Gasteiger charge is 2.02. The molecule has 1 nitrogen and oxygen atoms in total. The summed E-state index contributed by atoms with van der Waals surface area (Å²) in [5.74, 6) is 0.915. The lowest BCUT2D eigenvalue weighted by Gasteiger charge is -2.07. The summed E-state index contributed by atoms with van der Waals surface area (Å²) in [6.07, 6.45) is 0. The first-order chi connectivity index (χ1) is 6.92. The van der Waals surface area contributed by atoms with Crippen LogP contribution in [-0.4, -0.2) is 7.11 Å². The Kier molecular flexibility index (Phi) is 4.62. The second-order valence-electron chi connectivity index (χ2n) is 3.07. The van der Waals surface area contributed by atoms with Gasteiger partial charge in [0.25, 0.3) is 0 Å². The highest BCUT2D eigenvalue weighted by Crippen LogP contribution is 2.28. The summed E-state index contributed by atoms with van der Waals surface area (Å²) in [6, 6.07) is 18.3. The van der Waals surface area contributed by atoms with Crippen LogP contribution in [0.3, 0.4) is 0 Å². The summed E-state index contributed by atoms with van der Waals surface area (Å²) >= 11 is 0. The van der Waals surface area contributed by atoms with Crippen LogP contribution in [0.15, 0.2) is 54.6 Å². The van der Waals surface area contributed by atoms with Gasteiger partial charge in [0.1, 0.15) is 5.75 Å². The van der Waals surface area contributed by atoms with Gasteiger partial charge in [0.05, 0.1) is 7.11 Å². The smallest absolute Gasteiger partial charge is 0.126 e. The Morgan fingerprint density at radius 1 is 0.800 bits per heavy atom. The third kappa shape index (κ3) is 2.72. The van der Waals surface area contributed by atoms with Crippen molar-refractivity contribution in [3.05, 3.63) is 54.6 Å². The Morgan fingerprint density at radius 3 is 2.07 bits per heavy atom. The zero-order valence-corrected chi connectivity index (χ0v) is 10.8. The van der Waals surface area contributed by atoms with Crippen LogP contribution in [0.5, 0.6) is 5.75 Å². The molecule has 2 rings (SSSR count). The molecule has 0 fully saturated rings. The van der Waals surface area contributed by atoms with Crippen molar-refractivity contribution < 1.29 is 4.74 Å². The Balaban J connectivity index is 0.00000112. The van der Waals surface area contributed by atoms with Gasteiger partial charge in [-0.25, -0.2) is 0 Å². The lowest BCUT2D eigenvalue weighted by atomic mass is 10.1. The molecule has 0 unspecified atom stereocenters. The van der Waals surface area contributed by atoms with Gasteiger partial charge in [-0.1, -0.05) is 48.5 Å². The number of rotatable bonds is 2. The van der Waals surface area contributed by atoms with E-state index in [1.807, 2.05) is 36.4 Å². The summed E-state index contributed by atoms with van der Waals surface area (Å²) in [6.45, 7) is 0. The van der Waals surface area contributed by atoms with Gasteiger partial charge in [0, 0.05) is 5.56 Å². The monoisotopic (exact) mass is 312 g/mol. The average molecular weight is 312 g/mol. The number of hydrogen-bond acceptors (Lipinski definition) is 1. The van der Waals surface area contributed by atoms with Crippen LogP contribution in [0.25, 0.3) is 11.1 Å². The van der Waals surface area contributed by atoms with E-state index < -0.39 is 0 Å². The van der Waals surface area contributed by atoms with E-state index in [2.05, 4.69) is 18.2 Å². The third-order valence-corrected chi connectivity index (χ3v) is 2.19. The fraction of sp³-hybridized carbons (Fsp3) is 0.0769. The Bertz CT molecular complexity index is 412. The Hall–Kier alpha value is -1.03. The summed E-state index contributed by atoms with van der Waals surface area (Å²) in [5, 5.41) is 0. The fourth-order valence-corrected chi connectivity index (χ4v) is 1.50. The van der Waals surface area contributed by atoms with Crippen LogP contribution in [0.2, 0.25) is 0 Å². The zero-order chi connectivity index (χ0) is 9.80. The molecule has 0 saturated heterocycles. The minimum atomic E-state index is 0. The molecule has 15 heavy (non-hydrogen) atoms. The Morgan fingerprint density at radius 2 is 1.40 bits per heavy atom. The van der Waals surface area contributed by atoms with E-state index in [0.29, 0.717) is 0 Å². The highest BCUT2D eigenvalue weighted by molar-refractivity contribution is 14.0. The van der Waals surface area contributed by atoms with Gasteiger partial charge >= 0.3 is 0 Å². The van der Waals surface area contributed by atoms with E-state index >= 15 is 0 Å². The first-order valence-electron chi connectivity index (χ1n) is 4.60. The van der Waals surface area contributed by atoms with Crippen molar-refractivity contribution in [2.75, 3.05) is 7.11 Å². The van der Waals surface area contributed by atoms with Crippen molar-refractivity contribution in [2.24, 2.45) is 0 Å². The second kappa shape index (κ2) is 5.75. The molecule has 0 aliphatic carbocycles. The van der Waals surface area contributed by atoms with Gasteiger partial charge in [-0.05, 0) is 11.6 Å². The summed E-state index contributed by atoms with van der Waals surface area (Å²) < 4.78 is 5.30. The Labute approximate surface area is 107 Å². The normalized spacial score (nSPS) is 9.13. The fourth-order valence-electron chi connectivity index (χ4n) is 1.50. The van der Waals surface area contributed by atoms with E-state index in [1.165, 1.54) is 5.56 Å². The van der Waals surface area contributed by atoms with Crippen molar-refractivity contribution in [3.63, 3.8) is 0 Å². The molecule has 0 atom stereocenters. The predicted octanol–water partition coefficient (Wildman–Crippen LogP) is 3.98. The largest absolute Gasteiger partial charge is 0.496 e. The van der Waals surface area contributed by atoms with E-state index in [9.17, 15) is 0 Å². The quantitative estimate of drug-likeness (QED) is 0.762. The molecule has 0 saturated carbocycles. The summed E-state index contributed by atoms with van der Waals surface area (Å²) in [7, 11) is 1.70. The first-order valence-corrected chi connectivity index (χ1v) is 4.60. The molecule has 78 valence electrons. The maximum atomic E-state index is 5.30. The number of hydrogen-bond donors (Lipinski definition) is 0. The second-order valence-corrected chi connectivity index (χ2v) is 3.07. The van der Waals surface area contributed by atoms with Crippen molar-refractivity contribution in [2.45, 2.75) is 0 Å². The number of ether oxygens (including phenoxy) is 1. The van der Waals surface area contributed by atoms with Crippen LogP contribution >= 0.6 is 24.0 Å². The van der Waals surface area contributed by atoms with E-state index in [4.69, 9.17) is 4.74 Å². The van der Waals surface area contributed by atoms with Gasteiger partial charge in [-0.2, -0.15) is 0 Å². The van der Waals surface area contributed by atoms with Crippen LogP contribution in [0.4, 0.5) is 0 Å². The van der Waals surface area contributed by atoms with Crippen molar-refractivity contribution in [3.8, 4) is 16.9 Å². The molecular formula is C13H13IO. The average Bonchev–Trinajstić information content (AvgIpc) is 2.30. The number of para-hydroxylation sites is 1. The van der Waals surface area contributed by atoms with Gasteiger partial charge in [0.2, 0.25) is 0 Å². The predicted molar refractivity (Wildman–Crippen MR) is 73.8 cm³/mol. The SMILES string of the molecule is COc1ccccc1-c1ccccc1.I. The lowest BCUT2D eigenvalue weighted by Crippen LogP contribution is -1.86. The molecule has 0 amide bonds. The number of halogens is 1. The third-order valence-electron chi connectivity index (χ3n) is 2.19. The van der Waals surface area contributed by atoms with Gasteiger partial charge in [-0.15, -0.1) is 24.0 Å². The molecule has 0 heterocycles. The zero-order valence-electron chi connectivity index (χ0n) is 8.51. The molecule has 0 bridgehead atoms. The lowest BCUT2D eigenvalue weighted by molar-refractivity contribution is 0.416. The standard InChI is InChI=1S/C13H12O.HI/c1-14-13-10-6-5-9-12(13)11-7-3-2-4-8-11;/h2-10H,1H3;1H. The topological polar surface area (TPSA) is 9.23 Å². The molecule has 2 heteroatoms. The molecule has 0 aromatic heterocycles. The van der Waals surface area contributed by atoms with Crippen LogP contribution < -0.4 is 4.74 Å². The van der Waals surface area contributed by atoms with Gasteiger partial charge in [0.15, 0.2) is 0 Å². The molecular weight excluding hydrogens is 299 g/mol. The molecule has 0 radical (unpaired) electrons. The first kappa shape index (κ1) is 12.0. The van der Waals surface area contributed by atoms with Crippen molar-refractivity contribution >= 4 is 24.0 Å². The van der Waals surface area contributed by atoms with Crippen molar-refractivity contribution in [1.29, 1.82) is 0 Å². The molecule has 0 aliphatic heterocycles. The summed E-state index contributed by atoms with van der Waals surface area (Å²) in [5.41, 5.74) is 2.32. The molecule has 2 aromatic rings.